The van der Waals surface area contributed by atoms with E-state index < -0.39 is 0 Å². The number of rotatable bonds is 0. The van der Waals surface area contributed by atoms with Crippen LogP contribution in [0.2, 0.25) is 0 Å². The minimum Gasteiger partial charge on any atom is -0.295 e. The van der Waals surface area contributed by atoms with Gasteiger partial charge in [-0.25, -0.2) is 5.48 Å². The van der Waals surface area contributed by atoms with E-state index in [0.29, 0.717) is 0 Å². The Morgan fingerprint density at radius 2 is 1.38 bits per heavy atom. The van der Waals surface area contributed by atoms with E-state index in [9.17, 15) is 0 Å². The molecule has 2 aliphatic rings. The van der Waals surface area contributed by atoms with Crippen LogP contribution >= 0.6 is 0 Å². The summed E-state index contributed by atoms with van der Waals surface area (Å²) in [5, 5.41) is 0. The third-order valence-corrected chi connectivity index (χ3v) is 3.46. The zero-order valence-electron chi connectivity index (χ0n) is 8.48. The number of nitrogens with one attached hydrogen (secondary N) is 1. The first kappa shape index (κ1) is 9.47. The lowest BCUT2D eigenvalue weighted by Gasteiger charge is -2.30. The van der Waals surface area contributed by atoms with E-state index in [4.69, 9.17) is 4.84 Å². The zero-order valence-corrected chi connectivity index (χ0v) is 8.48. The summed E-state index contributed by atoms with van der Waals surface area (Å²) in [6.07, 6.45) is 12.0. The zero-order chi connectivity index (χ0) is 8.99. The Kier molecular flexibility index (Phi) is 3.23. The van der Waals surface area contributed by atoms with Crippen molar-refractivity contribution in [1.82, 2.24) is 5.48 Å². The Labute approximate surface area is 81.0 Å². The maximum absolute atomic E-state index is 5.86. The molecule has 1 aliphatic heterocycles. The maximum atomic E-state index is 5.86. The summed E-state index contributed by atoms with van der Waals surface area (Å²) in [6.45, 7) is 1.04. The molecule has 1 N–H and O–H groups in total. The van der Waals surface area contributed by atoms with Gasteiger partial charge >= 0.3 is 0 Å². The molecule has 0 unspecified atom stereocenters. The minimum absolute atomic E-state index is 0.215. The Morgan fingerprint density at radius 3 is 2.08 bits per heavy atom. The third kappa shape index (κ3) is 2.44. The third-order valence-electron chi connectivity index (χ3n) is 3.46. The van der Waals surface area contributed by atoms with Crippen molar-refractivity contribution in [2.24, 2.45) is 0 Å². The molecule has 0 bridgehead atoms. The fourth-order valence-corrected chi connectivity index (χ4v) is 2.62. The molecule has 2 rings (SSSR count). The molecule has 1 saturated carbocycles. The predicted molar refractivity (Wildman–Crippen MR) is 53.4 cm³/mol. The summed E-state index contributed by atoms with van der Waals surface area (Å²) in [6, 6.07) is 0. The van der Waals surface area contributed by atoms with Crippen molar-refractivity contribution in [1.29, 1.82) is 0 Å². The molecule has 0 amide bonds. The predicted octanol–water partition coefficient (Wildman–Crippen LogP) is 2.78. The van der Waals surface area contributed by atoms with E-state index in [1.54, 1.807) is 0 Å². The first-order valence-electron chi connectivity index (χ1n) is 5.82. The van der Waals surface area contributed by atoms with E-state index in [0.717, 1.165) is 6.54 Å². The van der Waals surface area contributed by atoms with Gasteiger partial charge in [-0.15, -0.1) is 0 Å². The van der Waals surface area contributed by atoms with Crippen LogP contribution in [0.1, 0.15) is 57.8 Å². The fourth-order valence-electron chi connectivity index (χ4n) is 2.62. The monoisotopic (exact) mass is 183 g/mol. The van der Waals surface area contributed by atoms with Gasteiger partial charge in [-0.3, -0.25) is 4.84 Å². The van der Waals surface area contributed by atoms with Crippen molar-refractivity contribution in [3.63, 3.8) is 0 Å². The lowest BCUT2D eigenvalue weighted by Crippen LogP contribution is -2.35. The molecule has 0 aromatic rings. The SMILES string of the molecule is C1CCCC2(CC1)CCCCNO2. The molecule has 2 heteroatoms. The molecule has 0 radical (unpaired) electrons. The van der Waals surface area contributed by atoms with Crippen molar-refractivity contribution in [3.8, 4) is 0 Å². The van der Waals surface area contributed by atoms with E-state index >= 15 is 0 Å². The first-order chi connectivity index (χ1) is 6.41. The molecule has 0 atom stereocenters. The second-order valence-corrected chi connectivity index (χ2v) is 4.55. The van der Waals surface area contributed by atoms with Crippen molar-refractivity contribution in [2.45, 2.75) is 63.4 Å². The van der Waals surface area contributed by atoms with Gasteiger partial charge in [0.05, 0.1) is 5.60 Å². The quantitative estimate of drug-likeness (QED) is 0.623. The average Bonchev–Trinajstić information content (AvgIpc) is 2.50. The molecule has 76 valence electrons. The van der Waals surface area contributed by atoms with Crippen LogP contribution in [-0.4, -0.2) is 12.1 Å². The van der Waals surface area contributed by atoms with Crippen molar-refractivity contribution >= 4 is 0 Å². The molecular weight excluding hydrogens is 162 g/mol. The van der Waals surface area contributed by atoms with Gasteiger partial charge in [0, 0.05) is 6.54 Å². The van der Waals surface area contributed by atoms with Gasteiger partial charge in [-0.1, -0.05) is 25.7 Å². The second-order valence-electron chi connectivity index (χ2n) is 4.55. The Hall–Kier alpha value is -0.0800. The average molecular weight is 183 g/mol. The van der Waals surface area contributed by atoms with Crippen molar-refractivity contribution < 1.29 is 4.84 Å². The molecule has 13 heavy (non-hydrogen) atoms. The smallest absolute Gasteiger partial charge is 0.0896 e. The van der Waals surface area contributed by atoms with Crippen LogP contribution < -0.4 is 5.48 Å². The highest BCUT2D eigenvalue weighted by molar-refractivity contribution is 4.83. The first-order valence-corrected chi connectivity index (χ1v) is 5.82. The van der Waals surface area contributed by atoms with Gasteiger partial charge in [0.25, 0.3) is 0 Å². The molecule has 1 heterocycles. The van der Waals surface area contributed by atoms with Gasteiger partial charge in [0.2, 0.25) is 0 Å². The van der Waals surface area contributed by atoms with Crippen LogP contribution in [0, 0.1) is 0 Å². The Bertz CT molecular complexity index is 121. The largest absolute Gasteiger partial charge is 0.295 e. The van der Waals surface area contributed by atoms with Gasteiger partial charge in [-0.2, -0.15) is 0 Å². The van der Waals surface area contributed by atoms with Crippen LogP contribution in [0.3, 0.4) is 0 Å². The lowest BCUT2D eigenvalue weighted by molar-refractivity contribution is -0.110. The van der Waals surface area contributed by atoms with Gasteiger partial charge in [0.1, 0.15) is 0 Å². The fraction of sp³-hybridized carbons (Fsp3) is 1.00. The van der Waals surface area contributed by atoms with E-state index in [2.05, 4.69) is 5.48 Å². The molecule has 1 saturated heterocycles. The van der Waals surface area contributed by atoms with Gasteiger partial charge < -0.3 is 0 Å². The molecule has 2 fully saturated rings. The summed E-state index contributed by atoms with van der Waals surface area (Å²) in [7, 11) is 0. The van der Waals surface area contributed by atoms with Crippen LogP contribution in [0.15, 0.2) is 0 Å². The summed E-state index contributed by atoms with van der Waals surface area (Å²) >= 11 is 0. The second kappa shape index (κ2) is 4.43. The van der Waals surface area contributed by atoms with Crippen molar-refractivity contribution in [2.75, 3.05) is 6.54 Å². The highest BCUT2D eigenvalue weighted by Gasteiger charge is 2.32. The topological polar surface area (TPSA) is 21.3 Å². The summed E-state index contributed by atoms with van der Waals surface area (Å²) in [5.74, 6) is 0. The van der Waals surface area contributed by atoms with Crippen LogP contribution in [0.5, 0.6) is 0 Å². The molecule has 1 spiro atoms. The molecule has 0 aromatic carbocycles. The Balaban J connectivity index is 1.97. The molecule has 0 aromatic heterocycles. The summed E-state index contributed by atoms with van der Waals surface area (Å²) < 4.78 is 0. The molecular formula is C11H21NO. The maximum Gasteiger partial charge on any atom is 0.0896 e. The van der Waals surface area contributed by atoms with E-state index in [1.807, 2.05) is 0 Å². The molecule has 2 nitrogen and oxygen atoms in total. The Morgan fingerprint density at radius 1 is 0.769 bits per heavy atom. The highest BCUT2D eigenvalue weighted by Crippen LogP contribution is 2.34. The van der Waals surface area contributed by atoms with Crippen molar-refractivity contribution in [3.05, 3.63) is 0 Å². The normalized spacial score (nSPS) is 29.5. The van der Waals surface area contributed by atoms with Gasteiger partial charge in [-0.05, 0) is 32.1 Å². The number of hydrogen-bond acceptors (Lipinski definition) is 2. The minimum atomic E-state index is 0.215. The van der Waals surface area contributed by atoms with Crippen LogP contribution in [0.25, 0.3) is 0 Å². The van der Waals surface area contributed by atoms with Crippen LogP contribution in [0.4, 0.5) is 0 Å². The van der Waals surface area contributed by atoms with E-state index in [-0.39, 0.29) is 5.60 Å². The van der Waals surface area contributed by atoms with Crippen LogP contribution in [-0.2, 0) is 4.84 Å². The number of hydroxylamine groups is 1. The van der Waals surface area contributed by atoms with Gasteiger partial charge in [0.15, 0.2) is 0 Å². The summed E-state index contributed by atoms with van der Waals surface area (Å²) in [4.78, 5) is 5.86. The molecule has 1 aliphatic carbocycles. The number of hydrogen-bond donors (Lipinski definition) is 1. The summed E-state index contributed by atoms with van der Waals surface area (Å²) in [5.41, 5.74) is 3.35. The lowest BCUT2D eigenvalue weighted by atomic mass is 9.89. The standard InChI is InChI=1S/C11H21NO/c1-2-4-8-11(7-3-1)9-5-6-10-12-13-11/h12H,1-10H2. The highest BCUT2D eigenvalue weighted by atomic mass is 16.7. The van der Waals surface area contributed by atoms with E-state index in [1.165, 1.54) is 57.8 Å².